The van der Waals surface area contributed by atoms with Gasteiger partial charge in [0, 0.05) is 32.2 Å². The van der Waals surface area contributed by atoms with Crippen LogP contribution in [0.25, 0.3) is 0 Å². The van der Waals surface area contributed by atoms with E-state index in [0.29, 0.717) is 50.8 Å². The average Bonchev–Trinajstić information content (AvgIpc) is 2.54. The number of allylic oxidation sites excluding steroid dienone is 1. The third-order valence-corrected chi connectivity index (χ3v) is 4.28. The Morgan fingerprint density at radius 1 is 1.08 bits per heavy atom. The Balaban J connectivity index is 2.52. The van der Waals surface area contributed by atoms with E-state index in [1.807, 2.05) is 4.90 Å². The van der Waals surface area contributed by atoms with Gasteiger partial charge in [0.05, 0.1) is 11.1 Å². The van der Waals surface area contributed by atoms with Crippen molar-refractivity contribution in [2.45, 2.75) is 31.2 Å². The maximum Gasteiger partial charge on any atom is 0.416 e. The van der Waals surface area contributed by atoms with Crippen molar-refractivity contribution in [2.75, 3.05) is 26.2 Å². The zero-order valence-corrected chi connectivity index (χ0v) is 13.6. The lowest BCUT2D eigenvalue weighted by Gasteiger charge is -2.36. The van der Waals surface area contributed by atoms with Crippen LogP contribution in [0.5, 0.6) is 0 Å². The Hall–Kier alpha value is -1.54. The van der Waals surface area contributed by atoms with Crippen molar-refractivity contribution < 1.29 is 26.3 Å². The summed E-state index contributed by atoms with van der Waals surface area (Å²) in [5.41, 5.74) is -2.38. The van der Waals surface area contributed by atoms with Crippen molar-refractivity contribution in [1.29, 1.82) is 0 Å². The molecule has 0 amide bonds. The predicted octanol–water partition coefficient (Wildman–Crippen LogP) is 4.64. The van der Waals surface area contributed by atoms with Crippen LogP contribution in [-0.4, -0.2) is 31.1 Å². The average molecular weight is 366 g/mol. The lowest BCUT2D eigenvalue weighted by Crippen LogP contribution is -2.45. The third kappa shape index (κ3) is 4.98. The Labute approximate surface area is 142 Å². The molecule has 1 aliphatic rings. The van der Waals surface area contributed by atoms with E-state index >= 15 is 0 Å². The first-order chi connectivity index (χ1) is 11.6. The molecule has 1 aromatic carbocycles. The molecular formula is C17H20F6N2. The number of benzene rings is 1. The molecule has 0 aromatic heterocycles. The second kappa shape index (κ2) is 7.78. The molecule has 25 heavy (non-hydrogen) atoms. The molecule has 1 fully saturated rings. The molecule has 0 spiro atoms. The van der Waals surface area contributed by atoms with Crippen LogP contribution in [0.2, 0.25) is 0 Å². The molecule has 140 valence electrons. The highest BCUT2D eigenvalue weighted by molar-refractivity contribution is 5.38. The van der Waals surface area contributed by atoms with Crippen LogP contribution in [0, 0.1) is 0 Å². The number of halogens is 6. The van der Waals surface area contributed by atoms with Crippen LogP contribution in [0.1, 0.15) is 35.6 Å². The van der Waals surface area contributed by atoms with Crippen LogP contribution in [0.4, 0.5) is 26.3 Å². The van der Waals surface area contributed by atoms with Crippen LogP contribution in [0.15, 0.2) is 30.9 Å². The molecule has 1 aliphatic heterocycles. The number of alkyl halides is 6. The number of nitrogens with zero attached hydrogens (tertiary/aromatic N) is 1. The van der Waals surface area contributed by atoms with Gasteiger partial charge in [0.25, 0.3) is 0 Å². The maximum atomic E-state index is 13.4. The number of rotatable bonds is 5. The minimum atomic E-state index is -4.71. The van der Waals surface area contributed by atoms with Crippen molar-refractivity contribution in [1.82, 2.24) is 10.2 Å². The SMILES string of the molecule is C=CCC[C@@H](c1cc(C(F)(F)F)ccc1C(F)(F)F)N1CCNCC1. The fourth-order valence-corrected chi connectivity index (χ4v) is 3.08. The van der Waals surface area contributed by atoms with E-state index in [0.717, 1.165) is 0 Å². The Morgan fingerprint density at radius 3 is 2.24 bits per heavy atom. The molecule has 1 N–H and O–H groups in total. The molecule has 0 bridgehead atoms. The first-order valence-electron chi connectivity index (χ1n) is 7.98. The highest BCUT2D eigenvalue weighted by atomic mass is 19.4. The van der Waals surface area contributed by atoms with E-state index in [2.05, 4.69) is 11.9 Å². The van der Waals surface area contributed by atoms with Crippen molar-refractivity contribution >= 4 is 0 Å². The lowest BCUT2D eigenvalue weighted by atomic mass is 9.92. The first-order valence-corrected chi connectivity index (χ1v) is 7.98. The van der Waals surface area contributed by atoms with Gasteiger partial charge in [0.1, 0.15) is 0 Å². The second-order valence-corrected chi connectivity index (χ2v) is 5.97. The lowest BCUT2D eigenvalue weighted by molar-refractivity contribution is -0.142. The van der Waals surface area contributed by atoms with E-state index in [4.69, 9.17) is 0 Å². The fourth-order valence-electron chi connectivity index (χ4n) is 3.08. The largest absolute Gasteiger partial charge is 0.416 e. The zero-order valence-electron chi connectivity index (χ0n) is 13.6. The Kier molecular flexibility index (Phi) is 6.16. The minimum absolute atomic E-state index is 0.286. The molecule has 8 heteroatoms. The fraction of sp³-hybridized carbons (Fsp3) is 0.529. The van der Waals surface area contributed by atoms with Crippen LogP contribution in [0.3, 0.4) is 0 Å². The quantitative estimate of drug-likeness (QED) is 0.603. The van der Waals surface area contributed by atoms with Gasteiger partial charge in [-0.25, -0.2) is 0 Å². The molecule has 1 saturated heterocycles. The minimum Gasteiger partial charge on any atom is -0.314 e. The molecule has 1 atom stereocenters. The molecule has 0 radical (unpaired) electrons. The first kappa shape index (κ1) is 19.8. The van der Waals surface area contributed by atoms with Gasteiger partial charge in [-0.1, -0.05) is 6.08 Å². The molecule has 1 aromatic rings. The summed E-state index contributed by atoms with van der Waals surface area (Å²) >= 11 is 0. The van der Waals surface area contributed by atoms with Gasteiger partial charge in [0.15, 0.2) is 0 Å². The second-order valence-electron chi connectivity index (χ2n) is 5.97. The van der Waals surface area contributed by atoms with Crippen LogP contribution < -0.4 is 5.32 Å². The van der Waals surface area contributed by atoms with Crippen molar-refractivity contribution in [3.05, 3.63) is 47.5 Å². The molecule has 2 nitrogen and oxygen atoms in total. The standard InChI is InChI=1S/C17H20F6N2/c1-2-3-4-15(25-9-7-24-8-10-25)13-11-12(16(18,19)20)5-6-14(13)17(21,22)23/h2,5-6,11,15,24H,1,3-4,7-10H2/t15-/m0/s1. The summed E-state index contributed by atoms with van der Waals surface area (Å²) in [7, 11) is 0. The van der Waals surface area contributed by atoms with Gasteiger partial charge < -0.3 is 5.32 Å². The smallest absolute Gasteiger partial charge is 0.314 e. The van der Waals surface area contributed by atoms with E-state index < -0.39 is 29.5 Å². The number of hydrogen-bond donors (Lipinski definition) is 1. The van der Waals surface area contributed by atoms with Gasteiger partial charge >= 0.3 is 12.4 Å². The van der Waals surface area contributed by atoms with Gasteiger partial charge in [-0.15, -0.1) is 6.58 Å². The summed E-state index contributed by atoms with van der Waals surface area (Å²) in [5, 5.41) is 3.09. The molecule has 1 heterocycles. The van der Waals surface area contributed by atoms with Crippen molar-refractivity contribution in [3.8, 4) is 0 Å². The highest BCUT2D eigenvalue weighted by Crippen LogP contribution is 2.41. The Morgan fingerprint density at radius 2 is 1.72 bits per heavy atom. The van der Waals surface area contributed by atoms with E-state index in [-0.39, 0.29) is 12.0 Å². The van der Waals surface area contributed by atoms with Crippen LogP contribution in [-0.2, 0) is 12.4 Å². The van der Waals surface area contributed by atoms with Gasteiger partial charge in [-0.05, 0) is 36.6 Å². The van der Waals surface area contributed by atoms with Gasteiger partial charge in [0.2, 0.25) is 0 Å². The molecular weight excluding hydrogens is 346 g/mol. The van der Waals surface area contributed by atoms with Gasteiger partial charge in [-0.2, -0.15) is 26.3 Å². The van der Waals surface area contributed by atoms with Crippen molar-refractivity contribution in [3.63, 3.8) is 0 Å². The number of piperazine rings is 1. The Bertz CT molecular complexity index is 588. The summed E-state index contributed by atoms with van der Waals surface area (Å²) in [6, 6.07) is 0.952. The summed E-state index contributed by atoms with van der Waals surface area (Å²) in [6.45, 7) is 5.71. The van der Waals surface area contributed by atoms with E-state index in [9.17, 15) is 26.3 Å². The third-order valence-electron chi connectivity index (χ3n) is 4.28. The summed E-state index contributed by atoms with van der Waals surface area (Å²) in [6.07, 6.45) is -7.13. The zero-order chi connectivity index (χ0) is 18.7. The molecule has 2 rings (SSSR count). The van der Waals surface area contributed by atoms with Gasteiger partial charge in [-0.3, -0.25) is 4.90 Å². The summed E-state index contributed by atoms with van der Waals surface area (Å²) in [4.78, 5) is 1.81. The van der Waals surface area contributed by atoms with Crippen molar-refractivity contribution in [2.24, 2.45) is 0 Å². The summed E-state index contributed by atoms with van der Waals surface area (Å²) < 4.78 is 79.3. The molecule has 0 unspecified atom stereocenters. The highest BCUT2D eigenvalue weighted by Gasteiger charge is 2.39. The predicted molar refractivity (Wildman–Crippen MR) is 83.1 cm³/mol. The molecule has 0 aliphatic carbocycles. The topological polar surface area (TPSA) is 15.3 Å². The maximum absolute atomic E-state index is 13.4. The van der Waals surface area contributed by atoms with Crippen LogP contribution >= 0.6 is 0 Å². The summed E-state index contributed by atoms with van der Waals surface area (Å²) in [5.74, 6) is 0. The number of nitrogens with one attached hydrogen (secondary N) is 1. The normalized spacial score (nSPS) is 18.2. The molecule has 0 saturated carbocycles. The monoisotopic (exact) mass is 366 g/mol. The van der Waals surface area contributed by atoms with E-state index in [1.165, 1.54) is 0 Å². The number of hydrogen-bond acceptors (Lipinski definition) is 2. The van der Waals surface area contributed by atoms with E-state index in [1.54, 1.807) is 6.08 Å².